The third kappa shape index (κ3) is 63.4. The Balaban J connectivity index is 4.30. The van der Waals surface area contributed by atoms with Crippen LogP contribution in [0.25, 0.3) is 0 Å². The van der Waals surface area contributed by atoms with Gasteiger partial charge in [0.05, 0.1) is 0 Å². The van der Waals surface area contributed by atoms with Crippen molar-refractivity contribution < 1.29 is 28.6 Å². The molecule has 0 aliphatic carbocycles. The van der Waals surface area contributed by atoms with Crippen molar-refractivity contribution in [3.63, 3.8) is 0 Å². The number of rotatable bonds is 61. The summed E-state index contributed by atoms with van der Waals surface area (Å²) in [5.41, 5.74) is 0. The molecular weight excluding hydrogens is 961 g/mol. The number of allylic oxidation sites excluding steroid dienone is 14. The van der Waals surface area contributed by atoms with Crippen molar-refractivity contribution in [1.82, 2.24) is 0 Å². The van der Waals surface area contributed by atoms with Gasteiger partial charge in [-0.1, -0.05) is 286 Å². The molecule has 0 fully saturated rings. The van der Waals surface area contributed by atoms with Gasteiger partial charge in [-0.25, -0.2) is 0 Å². The molecular formula is C72H126O6. The zero-order valence-electron chi connectivity index (χ0n) is 51.7. The number of carbonyl (C=O) groups is 3. The standard InChI is InChI=1S/C72H126O6/c1-4-7-10-13-16-19-22-25-28-30-32-33-34-35-36-37-38-39-41-42-44-47-50-53-56-59-62-65-71(74)77-68-69(67-76-70(73)64-61-58-55-52-49-46-27-24-21-18-15-12-9-6-3)78-72(75)66-63-60-57-54-51-48-45-43-40-31-29-26-23-20-17-14-11-8-5-2/h15,17-18,20,22,24-27,29-30,32,40,43,69H,4-14,16,19,21,23,28,31,33-39,41-42,44-68H2,1-3H3/b18-15-,20-17-,25-22-,27-24-,29-26-,32-30-,43-40-. The van der Waals surface area contributed by atoms with Gasteiger partial charge in [0.1, 0.15) is 13.2 Å². The van der Waals surface area contributed by atoms with E-state index in [4.69, 9.17) is 14.2 Å². The summed E-state index contributed by atoms with van der Waals surface area (Å²) < 4.78 is 16.9. The van der Waals surface area contributed by atoms with Gasteiger partial charge in [0.25, 0.3) is 0 Å². The van der Waals surface area contributed by atoms with Crippen molar-refractivity contribution in [3.05, 3.63) is 85.1 Å². The van der Waals surface area contributed by atoms with Gasteiger partial charge in [0.15, 0.2) is 6.10 Å². The Morgan fingerprint density at radius 1 is 0.256 bits per heavy atom. The molecule has 0 aliphatic heterocycles. The summed E-state index contributed by atoms with van der Waals surface area (Å²) in [5.74, 6) is -0.899. The molecule has 1 unspecified atom stereocenters. The summed E-state index contributed by atoms with van der Waals surface area (Å²) in [6.45, 7) is 6.57. The molecule has 1 atom stereocenters. The summed E-state index contributed by atoms with van der Waals surface area (Å²) in [5, 5.41) is 0. The Morgan fingerprint density at radius 2 is 0.474 bits per heavy atom. The van der Waals surface area contributed by atoms with E-state index in [1.807, 2.05) is 0 Å². The van der Waals surface area contributed by atoms with Gasteiger partial charge in [-0.05, 0) is 116 Å². The molecule has 0 aromatic heterocycles. The Labute approximate surface area is 484 Å². The molecule has 450 valence electrons. The van der Waals surface area contributed by atoms with Crippen LogP contribution in [-0.2, 0) is 28.6 Å². The number of esters is 3. The highest BCUT2D eigenvalue weighted by atomic mass is 16.6. The second kappa shape index (κ2) is 66.1. The van der Waals surface area contributed by atoms with Crippen LogP contribution in [-0.4, -0.2) is 37.2 Å². The lowest BCUT2D eigenvalue weighted by Crippen LogP contribution is -2.30. The zero-order chi connectivity index (χ0) is 56.4. The summed E-state index contributed by atoms with van der Waals surface area (Å²) in [6.07, 6.45) is 87.4. The van der Waals surface area contributed by atoms with E-state index in [1.54, 1.807) is 0 Å². The molecule has 0 heterocycles. The number of ether oxygens (including phenoxy) is 3. The van der Waals surface area contributed by atoms with Crippen LogP contribution in [0.5, 0.6) is 0 Å². The number of hydrogen-bond acceptors (Lipinski definition) is 6. The zero-order valence-corrected chi connectivity index (χ0v) is 51.7. The van der Waals surface area contributed by atoms with E-state index in [-0.39, 0.29) is 31.1 Å². The van der Waals surface area contributed by atoms with Crippen LogP contribution < -0.4 is 0 Å². The first kappa shape index (κ1) is 74.6. The fourth-order valence-corrected chi connectivity index (χ4v) is 9.50. The summed E-state index contributed by atoms with van der Waals surface area (Å²) in [4.78, 5) is 38.4. The third-order valence-electron chi connectivity index (χ3n) is 14.6. The fraction of sp³-hybridized carbons (Fsp3) is 0.764. The molecule has 6 heteroatoms. The molecule has 0 aromatic rings. The van der Waals surface area contributed by atoms with Crippen LogP contribution in [0.2, 0.25) is 0 Å². The molecule has 78 heavy (non-hydrogen) atoms. The van der Waals surface area contributed by atoms with Crippen molar-refractivity contribution in [1.29, 1.82) is 0 Å². The second-order valence-electron chi connectivity index (χ2n) is 22.4. The monoisotopic (exact) mass is 1090 g/mol. The lowest BCUT2D eigenvalue weighted by molar-refractivity contribution is -0.167. The first-order valence-corrected chi connectivity index (χ1v) is 33.6. The van der Waals surface area contributed by atoms with Gasteiger partial charge >= 0.3 is 17.9 Å². The summed E-state index contributed by atoms with van der Waals surface area (Å²) >= 11 is 0. The van der Waals surface area contributed by atoms with Gasteiger partial charge in [-0.2, -0.15) is 0 Å². The van der Waals surface area contributed by atoms with Gasteiger partial charge in [0, 0.05) is 19.3 Å². The Morgan fingerprint density at radius 3 is 0.782 bits per heavy atom. The van der Waals surface area contributed by atoms with E-state index in [9.17, 15) is 14.4 Å². The SMILES string of the molecule is CCCC/C=C\C/C=C\CCCCCCCC(=O)OCC(COC(=O)CCCCCCCCCCCCCCCCC/C=C\C/C=C\CCCCCCC)OC(=O)CCCCCCCC/C=C\C/C=C\C/C=C\CCCCC. The number of hydrogen-bond donors (Lipinski definition) is 0. The molecule has 6 nitrogen and oxygen atoms in total. The minimum absolute atomic E-state index is 0.0850. The minimum atomic E-state index is -0.791. The average molecular weight is 1090 g/mol. The predicted molar refractivity (Wildman–Crippen MR) is 339 cm³/mol. The van der Waals surface area contributed by atoms with Crippen LogP contribution in [0, 0.1) is 0 Å². The Bertz CT molecular complexity index is 1480. The highest BCUT2D eigenvalue weighted by molar-refractivity contribution is 5.71. The van der Waals surface area contributed by atoms with Crippen LogP contribution >= 0.6 is 0 Å². The van der Waals surface area contributed by atoms with Gasteiger partial charge < -0.3 is 14.2 Å². The van der Waals surface area contributed by atoms with Crippen molar-refractivity contribution >= 4 is 17.9 Å². The van der Waals surface area contributed by atoms with E-state index in [0.717, 1.165) is 109 Å². The molecule has 0 amide bonds. The largest absolute Gasteiger partial charge is 0.462 e. The van der Waals surface area contributed by atoms with E-state index in [1.165, 1.54) is 186 Å². The van der Waals surface area contributed by atoms with Gasteiger partial charge in [-0.3, -0.25) is 14.4 Å². The number of carbonyl (C=O) groups excluding carboxylic acids is 3. The number of unbranched alkanes of at least 4 members (excludes halogenated alkanes) is 36. The van der Waals surface area contributed by atoms with Crippen LogP contribution in [0.3, 0.4) is 0 Å². The van der Waals surface area contributed by atoms with Crippen molar-refractivity contribution in [2.24, 2.45) is 0 Å². The normalized spacial score (nSPS) is 12.6. The van der Waals surface area contributed by atoms with E-state index in [2.05, 4.69) is 106 Å². The van der Waals surface area contributed by atoms with Crippen LogP contribution in [0.15, 0.2) is 85.1 Å². The highest BCUT2D eigenvalue weighted by Crippen LogP contribution is 2.17. The molecule has 0 radical (unpaired) electrons. The second-order valence-corrected chi connectivity index (χ2v) is 22.4. The van der Waals surface area contributed by atoms with Crippen LogP contribution in [0.4, 0.5) is 0 Å². The van der Waals surface area contributed by atoms with Crippen molar-refractivity contribution in [2.75, 3.05) is 13.2 Å². The van der Waals surface area contributed by atoms with Crippen molar-refractivity contribution in [2.45, 2.75) is 341 Å². The quantitative estimate of drug-likeness (QED) is 0.0261. The molecule has 0 aromatic carbocycles. The maximum absolute atomic E-state index is 12.9. The molecule has 0 aliphatic rings. The van der Waals surface area contributed by atoms with Crippen LogP contribution in [0.1, 0.15) is 335 Å². The summed E-state index contributed by atoms with van der Waals surface area (Å²) in [7, 11) is 0. The first-order chi connectivity index (χ1) is 38.5. The fourth-order valence-electron chi connectivity index (χ4n) is 9.50. The Kier molecular flexibility index (Phi) is 63.2. The summed E-state index contributed by atoms with van der Waals surface area (Å²) in [6, 6.07) is 0. The molecule has 0 bridgehead atoms. The smallest absolute Gasteiger partial charge is 0.306 e. The Hall–Kier alpha value is -3.41. The molecule has 0 spiro atoms. The van der Waals surface area contributed by atoms with Gasteiger partial charge in [0.2, 0.25) is 0 Å². The third-order valence-corrected chi connectivity index (χ3v) is 14.6. The molecule has 0 N–H and O–H groups in total. The lowest BCUT2D eigenvalue weighted by Gasteiger charge is -2.18. The minimum Gasteiger partial charge on any atom is -0.462 e. The first-order valence-electron chi connectivity index (χ1n) is 33.6. The molecule has 0 rings (SSSR count). The highest BCUT2D eigenvalue weighted by Gasteiger charge is 2.19. The maximum atomic E-state index is 12.9. The van der Waals surface area contributed by atoms with Gasteiger partial charge in [-0.15, -0.1) is 0 Å². The lowest BCUT2D eigenvalue weighted by atomic mass is 10.0. The van der Waals surface area contributed by atoms with E-state index < -0.39 is 6.10 Å². The predicted octanol–water partition coefficient (Wildman–Crippen LogP) is 23.1. The van der Waals surface area contributed by atoms with Crippen molar-refractivity contribution in [3.8, 4) is 0 Å². The maximum Gasteiger partial charge on any atom is 0.306 e. The topological polar surface area (TPSA) is 78.9 Å². The molecule has 0 saturated carbocycles. The average Bonchev–Trinajstić information content (AvgIpc) is 3.44. The molecule has 0 saturated heterocycles. The van der Waals surface area contributed by atoms with E-state index in [0.29, 0.717) is 19.3 Å². The van der Waals surface area contributed by atoms with E-state index >= 15 is 0 Å².